The normalized spacial score (nSPS) is 15.2. The SMILES string of the molecule is CCOC(=O)c1c(C)oc2c1c(C(c1ccncc1)N1CCN(C)CC1)c(O)c1cc(OCc3ccccc3)ccc12. The highest BCUT2D eigenvalue weighted by Crippen LogP contribution is 2.48. The molecule has 0 bridgehead atoms. The summed E-state index contributed by atoms with van der Waals surface area (Å²) in [5.74, 6) is 0.701. The van der Waals surface area contributed by atoms with Crippen LogP contribution in [0, 0.1) is 6.92 Å². The van der Waals surface area contributed by atoms with Crippen LogP contribution >= 0.6 is 0 Å². The molecule has 1 saturated heterocycles. The summed E-state index contributed by atoms with van der Waals surface area (Å²) in [6, 6.07) is 19.1. The van der Waals surface area contributed by atoms with Crippen molar-refractivity contribution < 1.29 is 23.8 Å². The molecule has 1 atom stereocenters. The standard InChI is InChI=1S/C34H35N3O5/c1-4-40-34(39)28-22(2)42-33-26-11-10-25(41-21-23-8-6-5-7-9-23)20-27(26)32(38)30(29(28)33)31(24-12-14-35-15-13-24)37-18-16-36(3)17-19-37/h5-15,20,31,38H,4,16-19,21H2,1-3H3. The van der Waals surface area contributed by atoms with E-state index in [9.17, 15) is 9.90 Å². The van der Waals surface area contributed by atoms with Crippen LogP contribution in [0.4, 0.5) is 0 Å². The molecule has 3 heterocycles. The van der Waals surface area contributed by atoms with Gasteiger partial charge in [-0.2, -0.15) is 0 Å². The van der Waals surface area contributed by atoms with E-state index in [1.807, 2.05) is 60.7 Å². The number of carbonyl (C=O) groups excluding carboxylic acids is 1. The van der Waals surface area contributed by atoms with Gasteiger partial charge in [0.2, 0.25) is 0 Å². The van der Waals surface area contributed by atoms with E-state index < -0.39 is 5.97 Å². The predicted octanol–water partition coefficient (Wildman–Crippen LogP) is 6.09. The maximum absolute atomic E-state index is 13.4. The van der Waals surface area contributed by atoms with Gasteiger partial charge in [-0.25, -0.2) is 4.79 Å². The summed E-state index contributed by atoms with van der Waals surface area (Å²) < 4.78 is 18.0. The van der Waals surface area contributed by atoms with E-state index in [2.05, 4.69) is 21.8 Å². The van der Waals surface area contributed by atoms with Gasteiger partial charge in [0.1, 0.15) is 35.0 Å². The molecule has 0 spiro atoms. The Hall–Kier alpha value is -4.40. The fraction of sp³-hybridized carbons (Fsp3) is 0.294. The number of fused-ring (bicyclic) bond motifs is 3. The Balaban J connectivity index is 1.59. The molecule has 2 aromatic heterocycles. The van der Waals surface area contributed by atoms with Gasteiger partial charge in [-0.15, -0.1) is 0 Å². The van der Waals surface area contributed by atoms with Crippen molar-refractivity contribution in [1.29, 1.82) is 0 Å². The van der Waals surface area contributed by atoms with E-state index in [0.717, 1.165) is 37.3 Å². The number of phenolic OH excluding ortho intramolecular Hbond substituents is 1. The molecule has 0 saturated carbocycles. The van der Waals surface area contributed by atoms with Gasteiger partial charge >= 0.3 is 5.97 Å². The highest BCUT2D eigenvalue weighted by molar-refractivity contribution is 6.17. The molecule has 1 unspecified atom stereocenters. The van der Waals surface area contributed by atoms with Gasteiger partial charge in [-0.1, -0.05) is 30.3 Å². The minimum absolute atomic E-state index is 0.0924. The Kier molecular flexibility index (Phi) is 7.82. The lowest BCUT2D eigenvalue weighted by molar-refractivity contribution is 0.0526. The van der Waals surface area contributed by atoms with E-state index in [1.165, 1.54) is 0 Å². The third-order valence-corrected chi connectivity index (χ3v) is 8.03. The van der Waals surface area contributed by atoms with Crippen LogP contribution in [0.25, 0.3) is 21.7 Å². The molecule has 6 rings (SSSR count). The molecule has 8 heteroatoms. The Morgan fingerprint density at radius 1 is 1.02 bits per heavy atom. The second-order valence-electron chi connectivity index (χ2n) is 10.7. The summed E-state index contributed by atoms with van der Waals surface area (Å²) in [6.45, 7) is 7.52. The van der Waals surface area contributed by atoms with Gasteiger partial charge < -0.3 is 23.9 Å². The predicted molar refractivity (Wildman–Crippen MR) is 162 cm³/mol. The molecule has 5 aromatic rings. The maximum Gasteiger partial charge on any atom is 0.342 e. The number of carbonyl (C=O) groups is 1. The molecule has 42 heavy (non-hydrogen) atoms. The number of likely N-dealkylation sites (N-methyl/N-ethyl adjacent to an activating group) is 1. The number of benzene rings is 3. The van der Waals surface area contributed by atoms with Gasteiger partial charge in [-0.05, 0) is 62.4 Å². The van der Waals surface area contributed by atoms with Crippen molar-refractivity contribution in [2.24, 2.45) is 0 Å². The molecule has 1 fully saturated rings. The van der Waals surface area contributed by atoms with Crippen molar-refractivity contribution in [3.8, 4) is 11.5 Å². The van der Waals surface area contributed by atoms with Crippen LogP contribution in [0.5, 0.6) is 11.5 Å². The topological polar surface area (TPSA) is 88.3 Å². The van der Waals surface area contributed by atoms with Crippen molar-refractivity contribution in [2.45, 2.75) is 26.5 Å². The number of pyridine rings is 1. The molecular formula is C34H35N3O5. The molecule has 1 aliphatic rings. The minimum Gasteiger partial charge on any atom is -0.507 e. The van der Waals surface area contributed by atoms with Gasteiger partial charge in [0.05, 0.1) is 12.6 Å². The first-order valence-electron chi connectivity index (χ1n) is 14.3. The first-order valence-corrected chi connectivity index (χ1v) is 14.3. The molecule has 0 amide bonds. The number of esters is 1. The van der Waals surface area contributed by atoms with Crippen molar-refractivity contribution >= 4 is 27.7 Å². The van der Waals surface area contributed by atoms with Crippen LogP contribution in [-0.2, 0) is 11.3 Å². The summed E-state index contributed by atoms with van der Waals surface area (Å²) in [4.78, 5) is 22.3. The monoisotopic (exact) mass is 565 g/mol. The van der Waals surface area contributed by atoms with Crippen LogP contribution in [0.1, 0.15) is 45.8 Å². The zero-order valence-corrected chi connectivity index (χ0v) is 24.2. The molecular weight excluding hydrogens is 530 g/mol. The molecule has 216 valence electrons. The first kappa shape index (κ1) is 27.8. The first-order chi connectivity index (χ1) is 20.5. The summed E-state index contributed by atoms with van der Waals surface area (Å²) in [5.41, 5.74) is 3.52. The summed E-state index contributed by atoms with van der Waals surface area (Å²) in [5, 5.41) is 14.1. The number of ether oxygens (including phenoxy) is 2. The number of piperazine rings is 1. The Labute approximate surface area is 245 Å². The van der Waals surface area contributed by atoms with E-state index in [-0.39, 0.29) is 18.4 Å². The summed E-state index contributed by atoms with van der Waals surface area (Å²) >= 11 is 0. The second kappa shape index (κ2) is 11.8. The van der Waals surface area contributed by atoms with Crippen LogP contribution < -0.4 is 4.74 Å². The van der Waals surface area contributed by atoms with Gasteiger partial charge in [0.15, 0.2) is 0 Å². The zero-order valence-electron chi connectivity index (χ0n) is 24.2. The van der Waals surface area contributed by atoms with Gasteiger partial charge in [-0.3, -0.25) is 9.88 Å². The maximum atomic E-state index is 13.4. The average molecular weight is 566 g/mol. The third kappa shape index (κ3) is 5.19. The smallest absolute Gasteiger partial charge is 0.342 e. The number of phenols is 1. The lowest BCUT2D eigenvalue weighted by atomic mass is 9.89. The Morgan fingerprint density at radius 3 is 2.48 bits per heavy atom. The molecule has 1 aliphatic heterocycles. The average Bonchev–Trinajstić information content (AvgIpc) is 3.36. The second-order valence-corrected chi connectivity index (χ2v) is 10.7. The molecule has 0 radical (unpaired) electrons. The van der Waals surface area contributed by atoms with Gasteiger partial charge in [0.25, 0.3) is 0 Å². The molecule has 0 aliphatic carbocycles. The van der Waals surface area contributed by atoms with Crippen LogP contribution in [-0.4, -0.2) is 65.7 Å². The van der Waals surface area contributed by atoms with Crippen LogP contribution in [0.2, 0.25) is 0 Å². The number of aryl methyl sites for hydroxylation is 1. The summed E-state index contributed by atoms with van der Waals surface area (Å²) in [6.07, 6.45) is 3.52. The third-order valence-electron chi connectivity index (χ3n) is 8.03. The van der Waals surface area contributed by atoms with Crippen molar-refractivity contribution in [1.82, 2.24) is 14.8 Å². The number of rotatable bonds is 8. The quantitative estimate of drug-likeness (QED) is 0.226. The van der Waals surface area contributed by atoms with Crippen LogP contribution in [0.3, 0.4) is 0 Å². The van der Waals surface area contributed by atoms with Gasteiger partial charge in [0, 0.05) is 60.3 Å². The van der Waals surface area contributed by atoms with E-state index in [0.29, 0.717) is 51.0 Å². The number of hydrogen-bond acceptors (Lipinski definition) is 8. The molecule has 3 aromatic carbocycles. The van der Waals surface area contributed by atoms with E-state index in [1.54, 1.807) is 26.2 Å². The number of nitrogens with zero attached hydrogens (tertiary/aromatic N) is 3. The number of furan rings is 1. The Morgan fingerprint density at radius 2 is 1.76 bits per heavy atom. The molecule has 8 nitrogen and oxygen atoms in total. The fourth-order valence-electron chi connectivity index (χ4n) is 5.90. The highest BCUT2D eigenvalue weighted by atomic mass is 16.5. The van der Waals surface area contributed by atoms with E-state index in [4.69, 9.17) is 13.9 Å². The Bertz CT molecular complexity index is 1710. The van der Waals surface area contributed by atoms with Crippen molar-refractivity contribution in [2.75, 3.05) is 39.8 Å². The molecule has 1 N–H and O–H groups in total. The van der Waals surface area contributed by atoms with Crippen molar-refractivity contribution in [3.63, 3.8) is 0 Å². The highest BCUT2D eigenvalue weighted by Gasteiger charge is 2.34. The zero-order chi connectivity index (χ0) is 29.2. The van der Waals surface area contributed by atoms with E-state index >= 15 is 0 Å². The number of hydrogen-bond donors (Lipinski definition) is 1. The fourth-order valence-corrected chi connectivity index (χ4v) is 5.90. The van der Waals surface area contributed by atoms with Crippen molar-refractivity contribution in [3.05, 3.63) is 101 Å². The number of aromatic nitrogens is 1. The lowest BCUT2D eigenvalue weighted by Gasteiger charge is -2.39. The minimum atomic E-state index is -0.469. The largest absolute Gasteiger partial charge is 0.507 e. The lowest BCUT2D eigenvalue weighted by Crippen LogP contribution is -2.46. The van der Waals surface area contributed by atoms with Crippen LogP contribution in [0.15, 0.2) is 77.5 Å². The summed E-state index contributed by atoms with van der Waals surface area (Å²) in [7, 11) is 2.11. The number of aromatic hydroxyl groups is 1.